The molecule has 2 aromatic carbocycles. The summed E-state index contributed by atoms with van der Waals surface area (Å²) in [6.45, 7) is 5.95. The number of nitrogens with one attached hydrogen (secondary N) is 1. The van der Waals surface area contributed by atoms with Crippen molar-refractivity contribution >= 4 is 16.6 Å². The van der Waals surface area contributed by atoms with E-state index in [1.165, 1.54) is 0 Å². The first-order valence-corrected chi connectivity index (χ1v) is 11.5. The third-order valence-electron chi connectivity index (χ3n) is 6.71. The van der Waals surface area contributed by atoms with Crippen LogP contribution in [0.2, 0.25) is 0 Å². The van der Waals surface area contributed by atoms with E-state index in [0.717, 1.165) is 65.0 Å². The van der Waals surface area contributed by atoms with Crippen molar-refractivity contribution in [1.29, 1.82) is 0 Å². The number of halogens is 1. The fourth-order valence-electron chi connectivity index (χ4n) is 4.94. The van der Waals surface area contributed by atoms with Gasteiger partial charge in [0.1, 0.15) is 11.5 Å². The quantitative estimate of drug-likeness (QED) is 0.479. The van der Waals surface area contributed by atoms with Crippen LogP contribution in [0.4, 0.5) is 10.2 Å². The molecule has 0 saturated carbocycles. The molecule has 3 heterocycles. The van der Waals surface area contributed by atoms with Crippen LogP contribution >= 0.6 is 0 Å². The Kier molecular flexibility index (Phi) is 5.81. The Bertz CT molecular complexity index is 1280. The standard InChI is InChI=1S/C26H29FN6/c1-17-16-19(27)8-9-21(17)18(2)29-20-11-14-33(15-12-20)26-23-7-5-4-6-22(23)25(30-31-26)24-10-13-28-32(24)3/h4-10,13,16,18,20,29H,11-12,14-15H2,1-3H3. The highest BCUT2D eigenvalue weighted by Crippen LogP contribution is 2.32. The van der Waals surface area contributed by atoms with Crippen LogP contribution in [0.25, 0.3) is 22.2 Å². The predicted molar refractivity (Wildman–Crippen MR) is 130 cm³/mol. The predicted octanol–water partition coefficient (Wildman–Crippen LogP) is 4.80. The van der Waals surface area contributed by atoms with Crippen LogP contribution in [0.3, 0.4) is 0 Å². The number of benzene rings is 2. The maximum Gasteiger partial charge on any atom is 0.159 e. The third kappa shape index (κ3) is 4.20. The second-order valence-electron chi connectivity index (χ2n) is 8.91. The van der Waals surface area contributed by atoms with E-state index in [9.17, 15) is 4.39 Å². The Morgan fingerprint density at radius 1 is 1.03 bits per heavy atom. The number of nitrogens with zero attached hydrogens (tertiary/aromatic N) is 5. The minimum absolute atomic E-state index is 0.181. The molecule has 1 aliphatic heterocycles. The first-order valence-electron chi connectivity index (χ1n) is 11.5. The number of aromatic nitrogens is 4. The number of anilines is 1. The molecule has 4 aromatic rings. The van der Waals surface area contributed by atoms with Crippen molar-refractivity contribution in [2.45, 2.75) is 38.8 Å². The van der Waals surface area contributed by atoms with Crippen molar-refractivity contribution in [2.24, 2.45) is 7.05 Å². The van der Waals surface area contributed by atoms with Crippen molar-refractivity contribution < 1.29 is 4.39 Å². The Morgan fingerprint density at radius 2 is 1.79 bits per heavy atom. The lowest BCUT2D eigenvalue weighted by molar-refractivity contribution is 0.379. The lowest BCUT2D eigenvalue weighted by atomic mass is 9.98. The van der Waals surface area contributed by atoms with Gasteiger partial charge in [-0.05, 0) is 56.0 Å². The van der Waals surface area contributed by atoms with Gasteiger partial charge in [0.05, 0.1) is 5.69 Å². The zero-order chi connectivity index (χ0) is 22.9. The normalized spacial score (nSPS) is 15.8. The number of piperidine rings is 1. The van der Waals surface area contributed by atoms with Gasteiger partial charge in [-0.2, -0.15) is 5.10 Å². The maximum absolute atomic E-state index is 13.5. The van der Waals surface area contributed by atoms with Gasteiger partial charge in [-0.25, -0.2) is 4.39 Å². The molecular formula is C26H29FN6. The number of fused-ring (bicyclic) bond motifs is 1. The Balaban J connectivity index is 1.32. The molecule has 2 aromatic heterocycles. The van der Waals surface area contributed by atoms with E-state index in [-0.39, 0.29) is 11.9 Å². The van der Waals surface area contributed by atoms with Gasteiger partial charge in [0, 0.05) is 49.2 Å². The summed E-state index contributed by atoms with van der Waals surface area (Å²) in [7, 11) is 1.92. The van der Waals surface area contributed by atoms with Crippen LogP contribution in [0.1, 0.15) is 36.9 Å². The maximum atomic E-state index is 13.5. The molecule has 0 radical (unpaired) electrons. The van der Waals surface area contributed by atoms with E-state index in [1.54, 1.807) is 18.3 Å². The zero-order valence-electron chi connectivity index (χ0n) is 19.3. The Hall–Kier alpha value is -3.32. The number of hydrogen-bond acceptors (Lipinski definition) is 5. The van der Waals surface area contributed by atoms with Crippen molar-refractivity contribution in [3.8, 4) is 11.4 Å². The zero-order valence-corrected chi connectivity index (χ0v) is 19.3. The van der Waals surface area contributed by atoms with Gasteiger partial charge in [0.25, 0.3) is 0 Å². The van der Waals surface area contributed by atoms with Gasteiger partial charge in [-0.3, -0.25) is 4.68 Å². The molecule has 1 saturated heterocycles. The Morgan fingerprint density at radius 3 is 2.48 bits per heavy atom. The summed E-state index contributed by atoms with van der Waals surface area (Å²) in [5.74, 6) is 0.761. The minimum Gasteiger partial charge on any atom is -0.354 e. The molecule has 0 bridgehead atoms. The number of rotatable bonds is 5. The van der Waals surface area contributed by atoms with Crippen molar-refractivity contribution in [3.05, 3.63) is 71.7 Å². The van der Waals surface area contributed by atoms with Gasteiger partial charge < -0.3 is 10.2 Å². The topological polar surface area (TPSA) is 58.9 Å². The molecule has 6 nitrogen and oxygen atoms in total. The number of aryl methyl sites for hydroxylation is 2. The Labute approximate surface area is 193 Å². The fourth-order valence-corrected chi connectivity index (χ4v) is 4.94. The van der Waals surface area contributed by atoms with Crippen LogP contribution < -0.4 is 10.2 Å². The molecule has 1 atom stereocenters. The van der Waals surface area contributed by atoms with Crippen molar-refractivity contribution in [2.75, 3.05) is 18.0 Å². The van der Waals surface area contributed by atoms with E-state index in [0.29, 0.717) is 6.04 Å². The van der Waals surface area contributed by atoms with Crippen LogP contribution in [0.15, 0.2) is 54.7 Å². The second-order valence-corrected chi connectivity index (χ2v) is 8.91. The molecule has 0 aliphatic carbocycles. The van der Waals surface area contributed by atoms with E-state index in [4.69, 9.17) is 0 Å². The summed E-state index contributed by atoms with van der Waals surface area (Å²) in [6.07, 6.45) is 3.82. The first kappa shape index (κ1) is 21.5. The summed E-state index contributed by atoms with van der Waals surface area (Å²) >= 11 is 0. The van der Waals surface area contributed by atoms with E-state index in [1.807, 2.05) is 36.9 Å². The van der Waals surface area contributed by atoms with Crippen LogP contribution in [0, 0.1) is 12.7 Å². The monoisotopic (exact) mass is 444 g/mol. The fraction of sp³-hybridized carbons (Fsp3) is 0.346. The van der Waals surface area contributed by atoms with Gasteiger partial charge in [0.15, 0.2) is 5.82 Å². The van der Waals surface area contributed by atoms with Gasteiger partial charge in [-0.1, -0.05) is 30.3 Å². The van der Waals surface area contributed by atoms with E-state index in [2.05, 4.69) is 50.6 Å². The molecule has 7 heteroatoms. The van der Waals surface area contributed by atoms with Gasteiger partial charge in [-0.15, -0.1) is 10.2 Å². The molecule has 1 unspecified atom stereocenters. The third-order valence-corrected chi connectivity index (χ3v) is 6.71. The summed E-state index contributed by atoms with van der Waals surface area (Å²) in [6, 6.07) is 15.9. The SMILES string of the molecule is Cc1cc(F)ccc1C(C)NC1CCN(c2nnc(-c3ccnn3C)c3ccccc23)CC1. The molecule has 0 spiro atoms. The molecule has 1 aliphatic rings. The van der Waals surface area contributed by atoms with Crippen LogP contribution in [-0.2, 0) is 7.05 Å². The summed E-state index contributed by atoms with van der Waals surface area (Å²) in [5, 5.41) is 19.5. The minimum atomic E-state index is -0.181. The summed E-state index contributed by atoms with van der Waals surface area (Å²) in [4.78, 5) is 2.34. The largest absolute Gasteiger partial charge is 0.354 e. The molecule has 170 valence electrons. The van der Waals surface area contributed by atoms with Crippen LogP contribution in [0.5, 0.6) is 0 Å². The van der Waals surface area contributed by atoms with E-state index < -0.39 is 0 Å². The van der Waals surface area contributed by atoms with E-state index >= 15 is 0 Å². The van der Waals surface area contributed by atoms with Gasteiger partial charge in [0.2, 0.25) is 0 Å². The second kappa shape index (κ2) is 8.90. The highest BCUT2D eigenvalue weighted by molar-refractivity contribution is 5.99. The highest BCUT2D eigenvalue weighted by Gasteiger charge is 2.24. The van der Waals surface area contributed by atoms with Crippen molar-refractivity contribution in [1.82, 2.24) is 25.3 Å². The van der Waals surface area contributed by atoms with Crippen LogP contribution in [-0.4, -0.2) is 39.1 Å². The molecule has 1 N–H and O–H groups in total. The average molecular weight is 445 g/mol. The highest BCUT2D eigenvalue weighted by atomic mass is 19.1. The van der Waals surface area contributed by atoms with Crippen molar-refractivity contribution in [3.63, 3.8) is 0 Å². The molecular weight excluding hydrogens is 415 g/mol. The lowest BCUT2D eigenvalue weighted by Crippen LogP contribution is -2.43. The molecule has 1 fully saturated rings. The summed E-state index contributed by atoms with van der Waals surface area (Å²) in [5.41, 5.74) is 3.96. The lowest BCUT2D eigenvalue weighted by Gasteiger charge is -2.35. The smallest absolute Gasteiger partial charge is 0.159 e. The van der Waals surface area contributed by atoms with Gasteiger partial charge >= 0.3 is 0 Å². The summed E-state index contributed by atoms with van der Waals surface area (Å²) < 4.78 is 15.3. The molecule has 33 heavy (non-hydrogen) atoms. The average Bonchev–Trinajstić information content (AvgIpc) is 3.24. The molecule has 5 rings (SSSR count). The molecule has 0 amide bonds. The first-order chi connectivity index (χ1) is 16.0. The number of hydrogen-bond donors (Lipinski definition) is 1.